The average molecular weight is 217 g/mol. The Morgan fingerprint density at radius 2 is 1.12 bits per heavy atom. The maximum absolute atomic E-state index is 5.15. The van der Waals surface area contributed by atoms with Gasteiger partial charge in [-0.1, -0.05) is 0 Å². The molecule has 0 aliphatic carbocycles. The minimum Gasteiger partial charge on any atom is -0.472 e. The highest BCUT2D eigenvalue weighted by Crippen LogP contribution is 1.56. The summed E-state index contributed by atoms with van der Waals surface area (Å²) in [7, 11) is 5.32. The van der Waals surface area contributed by atoms with Gasteiger partial charge in [-0.15, -0.1) is 0 Å². The maximum Gasteiger partial charge on any atom is 0.129 e. The van der Waals surface area contributed by atoms with Gasteiger partial charge in [0.05, 0.1) is 0 Å². The van der Waals surface area contributed by atoms with Gasteiger partial charge in [-0.25, -0.2) is 0 Å². The van der Waals surface area contributed by atoms with Crippen LogP contribution in [0.5, 0.6) is 0 Å². The normalized spacial score (nSPS) is 13.5. The minimum absolute atomic E-state index is 0.310. The predicted octanol–water partition coefficient (Wildman–Crippen LogP) is -6.70. The summed E-state index contributed by atoms with van der Waals surface area (Å²) in [5, 5.41) is 0. The van der Waals surface area contributed by atoms with Gasteiger partial charge in [-0.2, -0.15) is 0 Å². The first-order valence-corrected chi connectivity index (χ1v) is 14.8. The first-order chi connectivity index (χ1) is 3.68. The lowest BCUT2D eigenvalue weighted by Gasteiger charge is -1.93. The molecule has 2 nitrogen and oxygen atoms in total. The van der Waals surface area contributed by atoms with E-state index in [1.807, 2.05) is 0 Å². The van der Waals surface area contributed by atoms with Crippen molar-refractivity contribution in [2.75, 3.05) is 0 Å². The molecule has 0 saturated carbocycles. The van der Waals surface area contributed by atoms with E-state index in [0.717, 1.165) is 31.5 Å². The maximum atomic E-state index is 5.15. The summed E-state index contributed by atoms with van der Waals surface area (Å²) in [4.78, 5) is 0. The zero-order valence-electron chi connectivity index (χ0n) is 6.39. The van der Waals surface area contributed by atoms with Gasteiger partial charge < -0.3 is 8.23 Å². The molecule has 0 rings (SSSR count). The van der Waals surface area contributed by atoms with Crippen LogP contribution < -0.4 is 0 Å². The third kappa shape index (κ3) is 26.9. The molecule has 0 saturated heterocycles. The summed E-state index contributed by atoms with van der Waals surface area (Å²) in [5.41, 5.74) is 0. The van der Waals surface area contributed by atoms with Crippen LogP contribution in [-0.4, -0.2) is 59.1 Å². The van der Waals surface area contributed by atoms with Gasteiger partial charge in [0.15, 0.2) is 0 Å². The van der Waals surface area contributed by atoms with Crippen molar-refractivity contribution >= 4 is 59.1 Å². The fourth-order valence-corrected chi connectivity index (χ4v) is 0. The Kier molecular flexibility index (Phi) is 16.5. The average Bonchev–Trinajstić information content (AvgIpc) is 1.69. The molecule has 0 spiro atoms. The molecule has 0 aromatic rings. The number of hydrogen-bond acceptors (Lipinski definition) is 2. The second kappa shape index (κ2) is 11.1. The van der Waals surface area contributed by atoms with Crippen LogP contribution in [0.4, 0.5) is 0 Å². The van der Waals surface area contributed by atoms with E-state index < -0.39 is 0 Å². The van der Waals surface area contributed by atoms with E-state index in [4.69, 9.17) is 4.12 Å². The summed E-state index contributed by atoms with van der Waals surface area (Å²) in [6, 6.07) is 0. The molecule has 0 unspecified atom stereocenters. The Balaban J connectivity index is 0. The highest BCUT2D eigenvalue weighted by molar-refractivity contribution is 7.26. The third-order valence-electron chi connectivity index (χ3n) is 0.471. The summed E-state index contributed by atoms with van der Waals surface area (Å²) < 4.78 is 9.68. The largest absolute Gasteiger partial charge is 0.472 e. The van der Waals surface area contributed by atoms with Crippen LogP contribution >= 0.6 is 0 Å². The van der Waals surface area contributed by atoms with E-state index in [-0.39, 0.29) is 8.08 Å². The highest BCUT2D eigenvalue weighted by atomic mass is 29.5. The second-order valence-corrected chi connectivity index (χ2v) is 25.6. The molecule has 0 amide bonds. The van der Waals surface area contributed by atoms with Crippen molar-refractivity contribution < 1.29 is 8.23 Å². The second-order valence-electron chi connectivity index (χ2n) is 1.69. The molecular weight excluding hydrogens is 201 g/mol. The Morgan fingerprint density at radius 1 is 1.00 bits per heavy atom. The van der Waals surface area contributed by atoms with Gasteiger partial charge >= 0.3 is 0 Å². The summed E-state index contributed by atoms with van der Waals surface area (Å²) in [5.74, 6) is 0. The van der Waals surface area contributed by atoms with Crippen LogP contribution in [0.15, 0.2) is 0 Å². The molecule has 0 heterocycles. The van der Waals surface area contributed by atoms with Gasteiger partial charge in [-0.3, -0.25) is 0 Å². The van der Waals surface area contributed by atoms with E-state index in [9.17, 15) is 0 Å². The Labute approximate surface area is 67.5 Å². The Bertz CT molecular complexity index is 27.7. The zero-order valence-corrected chi connectivity index (χ0v) is 17.5. The number of hydrogen-bond donors (Lipinski definition) is 0. The van der Waals surface area contributed by atoms with Crippen molar-refractivity contribution in [3.8, 4) is 0 Å². The van der Waals surface area contributed by atoms with E-state index in [1.165, 1.54) is 19.5 Å². The van der Waals surface area contributed by atoms with Gasteiger partial charge in [0.25, 0.3) is 0 Å². The van der Waals surface area contributed by atoms with E-state index in [0.29, 0.717) is 0 Å². The molecular formula is H16O2Si6. The number of rotatable bonds is 1. The van der Waals surface area contributed by atoms with Crippen molar-refractivity contribution in [2.24, 2.45) is 0 Å². The van der Waals surface area contributed by atoms with Crippen molar-refractivity contribution in [2.45, 2.75) is 0 Å². The van der Waals surface area contributed by atoms with Crippen molar-refractivity contribution in [3.05, 3.63) is 0 Å². The van der Waals surface area contributed by atoms with Crippen LogP contribution in [0.2, 0.25) is 0 Å². The molecule has 8 heteroatoms. The molecule has 0 aromatic carbocycles. The standard InChI is InChI=1S/H10OSi4.H6OSi2/c2-1-5(3)4;2-1-3/h5H,2-4H3;2-3H3. The van der Waals surface area contributed by atoms with E-state index in [2.05, 4.69) is 4.12 Å². The molecule has 0 N–H and O–H groups in total. The van der Waals surface area contributed by atoms with Crippen LogP contribution in [0, 0.1) is 0 Å². The molecule has 52 valence electrons. The minimum atomic E-state index is -0.310. The van der Waals surface area contributed by atoms with E-state index >= 15 is 0 Å². The van der Waals surface area contributed by atoms with Crippen LogP contribution in [-0.2, 0) is 8.23 Å². The van der Waals surface area contributed by atoms with Crippen molar-refractivity contribution in [1.29, 1.82) is 0 Å². The molecule has 0 bridgehead atoms. The molecule has 0 atom stereocenters. The van der Waals surface area contributed by atoms with Crippen LogP contribution in [0.3, 0.4) is 0 Å². The Hall–Kier alpha value is 1.22. The first kappa shape index (κ1) is 12.0. The molecule has 8 heavy (non-hydrogen) atoms. The van der Waals surface area contributed by atoms with Gasteiger partial charge in [0.2, 0.25) is 0 Å². The summed E-state index contributed by atoms with van der Waals surface area (Å²) in [6.45, 7) is 0. The van der Waals surface area contributed by atoms with Crippen molar-refractivity contribution in [3.63, 3.8) is 0 Å². The smallest absolute Gasteiger partial charge is 0.129 e. The quantitative estimate of drug-likeness (QED) is 0.406. The molecule has 0 fully saturated rings. The van der Waals surface area contributed by atoms with E-state index in [1.54, 1.807) is 0 Å². The fraction of sp³-hybridized carbons (Fsp3) is 0. The molecule has 0 aliphatic heterocycles. The lowest BCUT2D eigenvalue weighted by molar-refractivity contribution is 0.675. The SMILES string of the molecule is [SiH3]O[SiH3].[SiH3]O[SiH]([SiH3])[SiH3]. The predicted molar refractivity (Wildman–Crippen MR) is 59.0 cm³/mol. The fourth-order valence-electron chi connectivity index (χ4n) is 0. The van der Waals surface area contributed by atoms with Crippen LogP contribution in [0.25, 0.3) is 0 Å². The zero-order chi connectivity index (χ0) is 6.99. The Morgan fingerprint density at radius 3 is 1.12 bits per heavy atom. The van der Waals surface area contributed by atoms with Crippen molar-refractivity contribution in [1.82, 2.24) is 0 Å². The van der Waals surface area contributed by atoms with Gasteiger partial charge in [-0.05, 0) is 0 Å². The summed E-state index contributed by atoms with van der Waals surface area (Å²) >= 11 is 0. The molecule has 0 aliphatic rings. The van der Waals surface area contributed by atoms with Crippen LogP contribution in [0.1, 0.15) is 0 Å². The molecule has 0 radical (unpaired) electrons. The topological polar surface area (TPSA) is 18.5 Å². The monoisotopic (exact) mass is 216 g/mol. The third-order valence-corrected chi connectivity index (χ3v) is 12.7. The summed E-state index contributed by atoms with van der Waals surface area (Å²) in [6.07, 6.45) is 0. The first-order valence-electron chi connectivity index (χ1n) is 2.62. The van der Waals surface area contributed by atoms with Gasteiger partial charge in [0.1, 0.15) is 39.5 Å². The highest BCUT2D eigenvalue weighted by Gasteiger charge is 1.82. The van der Waals surface area contributed by atoms with Gasteiger partial charge in [0, 0.05) is 19.5 Å². The molecule has 0 aromatic heterocycles. The lowest BCUT2D eigenvalue weighted by atomic mass is 15.8. The lowest BCUT2D eigenvalue weighted by Crippen LogP contribution is -2.16.